The van der Waals surface area contributed by atoms with Crippen LogP contribution in [0, 0.1) is 27.7 Å². The predicted octanol–water partition coefficient (Wildman–Crippen LogP) is 2.53. The summed E-state index contributed by atoms with van der Waals surface area (Å²) in [6.07, 6.45) is 0. The van der Waals surface area contributed by atoms with Crippen LogP contribution < -0.4 is 20.3 Å². The average molecular weight is 356 g/mol. The smallest absolute Gasteiger partial charge is 0.276 e. The third-order valence-electron chi connectivity index (χ3n) is 3.88. The molecule has 0 atom stereocenters. The Morgan fingerprint density at radius 3 is 2.04 bits per heavy atom. The Balaban J connectivity index is 1.71. The Morgan fingerprint density at radius 1 is 0.769 bits per heavy atom. The van der Waals surface area contributed by atoms with Gasteiger partial charge < -0.3 is 9.47 Å². The van der Waals surface area contributed by atoms with E-state index in [0.717, 1.165) is 22.3 Å². The molecule has 0 heterocycles. The van der Waals surface area contributed by atoms with Gasteiger partial charge in [0.15, 0.2) is 13.2 Å². The third-order valence-corrected chi connectivity index (χ3v) is 3.88. The van der Waals surface area contributed by atoms with Gasteiger partial charge in [-0.05, 0) is 62.6 Å². The van der Waals surface area contributed by atoms with Crippen LogP contribution in [-0.4, -0.2) is 25.0 Å². The summed E-state index contributed by atoms with van der Waals surface area (Å²) in [6.45, 7) is 7.48. The molecular weight excluding hydrogens is 332 g/mol. The van der Waals surface area contributed by atoms with Crippen LogP contribution in [0.15, 0.2) is 36.4 Å². The lowest BCUT2D eigenvalue weighted by Gasteiger charge is -2.11. The van der Waals surface area contributed by atoms with Gasteiger partial charge in [-0.15, -0.1) is 0 Å². The topological polar surface area (TPSA) is 76.7 Å². The molecule has 0 fully saturated rings. The lowest BCUT2D eigenvalue weighted by molar-refractivity contribution is -0.131. The Labute approximate surface area is 153 Å². The van der Waals surface area contributed by atoms with Crippen LogP contribution in [0.1, 0.15) is 22.3 Å². The zero-order valence-corrected chi connectivity index (χ0v) is 15.5. The van der Waals surface area contributed by atoms with E-state index in [1.165, 1.54) is 0 Å². The summed E-state index contributed by atoms with van der Waals surface area (Å²) in [4.78, 5) is 23.5. The number of hydrogen-bond acceptors (Lipinski definition) is 4. The van der Waals surface area contributed by atoms with Gasteiger partial charge in [-0.3, -0.25) is 20.4 Å². The quantitative estimate of drug-likeness (QED) is 0.780. The van der Waals surface area contributed by atoms with Crippen molar-refractivity contribution in [3.8, 4) is 11.5 Å². The number of amides is 2. The first kappa shape index (κ1) is 19.3. The standard InChI is InChI=1S/C20H24N2O4/c1-13-5-8-18(16(4)9-13)26-12-20(24)22-21-19(23)11-25-17-7-6-14(2)15(3)10-17/h5-10H,11-12H2,1-4H3,(H,21,23)(H,22,24). The summed E-state index contributed by atoms with van der Waals surface area (Å²) >= 11 is 0. The highest BCUT2D eigenvalue weighted by Gasteiger charge is 2.08. The summed E-state index contributed by atoms with van der Waals surface area (Å²) < 4.78 is 10.8. The Morgan fingerprint density at radius 2 is 1.42 bits per heavy atom. The van der Waals surface area contributed by atoms with E-state index in [-0.39, 0.29) is 13.2 Å². The molecule has 0 aromatic heterocycles. The van der Waals surface area contributed by atoms with E-state index in [4.69, 9.17) is 9.47 Å². The van der Waals surface area contributed by atoms with Gasteiger partial charge in [-0.2, -0.15) is 0 Å². The fourth-order valence-electron chi connectivity index (χ4n) is 2.27. The molecule has 0 bridgehead atoms. The molecule has 0 spiro atoms. The summed E-state index contributed by atoms with van der Waals surface area (Å²) in [5.41, 5.74) is 8.89. The van der Waals surface area contributed by atoms with Gasteiger partial charge in [-0.25, -0.2) is 0 Å². The fourth-order valence-corrected chi connectivity index (χ4v) is 2.27. The molecule has 0 aliphatic carbocycles. The molecule has 138 valence electrons. The summed E-state index contributed by atoms with van der Waals surface area (Å²) in [5, 5.41) is 0. The molecule has 6 nitrogen and oxygen atoms in total. The van der Waals surface area contributed by atoms with Crippen molar-refractivity contribution in [2.75, 3.05) is 13.2 Å². The molecule has 2 N–H and O–H groups in total. The maximum absolute atomic E-state index is 11.8. The first-order valence-corrected chi connectivity index (χ1v) is 8.33. The predicted molar refractivity (Wildman–Crippen MR) is 99.1 cm³/mol. The number of ether oxygens (including phenoxy) is 2. The number of carbonyl (C=O) groups is 2. The van der Waals surface area contributed by atoms with Crippen molar-refractivity contribution < 1.29 is 19.1 Å². The fraction of sp³-hybridized carbons (Fsp3) is 0.300. The van der Waals surface area contributed by atoms with Gasteiger partial charge in [0, 0.05) is 0 Å². The van der Waals surface area contributed by atoms with Crippen molar-refractivity contribution in [1.29, 1.82) is 0 Å². The summed E-state index contributed by atoms with van der Waals surface area (Å²) in [6, 6.07) is 11.3. The van der Waals surface area contributed by atoms with Crippen LogP contribution >= 0.6 is 0 Å². The monoisotopic (exact) mass is 356 g/mol. The van der Waals surface area contributed by atoms with E-state index in [2.05, 4.69) is 10.9 Å². The molecule has 2 aromatic rings. The second-order valence-electron chi connectivity index (χ2n) is 6.19. The zero-order valence-electron chi connectivity index (χ0n) is 15.5. The number of aryl methyl sites for hydroxylation is 4. The van der Waals surface area contributed by atoms with Crippen LogP contribution in [0.25, 0.3) is 0 Å². The van der Waals surface area contributed by atoms with Crippen molar-refractivity contribution in [2.24, 2.45) is 0 Å². The van der Waals surface area contributed by atoms with Crippen molar-refractivity contribution in [2.45, 2.75) is 27.7 Å². The number of carbonyl (C=O) groups excluding carboxylic acids is 2. The highest BCUT2D eigenvalue weighted by molar-refractivity contribution is 5.83. The minimum absolute atomic E-state index is 0.192. The maximum atomic E-state index is 11.8. The van der Waals surface area contributed by atoms with Crippen LogP contribution in [0.4, 0.5) is 0 Å². The van der Waals surface area contributed by atoms with E-state index in [9.17, 15) is 9.59 Å². The molecule has 0 aliphatic heterocycles. The van der Waals surface area contributed by atoms with Crippen molar-refractivity contribution in [1.82, 2.24) is 10.9 Å². The Hall–Kier alpha value is -3.02. The number of benzene rings is 2. The molecule has 0 unspecified atom stereocenters. The van der Waals surface area contributed by atoms with E-state index < -0.39 is 11.8 Å². The van der Waals surface area contributed by atoms with Crippen LogP contribution in [0.5, 0.6) is 11.5 Å². The molecule has 0 aliphatic rings. The molecular formula is C20H24N2O4. The average Bonchev–Trinajstić information content (AvgIpc) is 2.60. The summed E-state index contributed by atoms with van der Waals surface area (Å²) in [5.74, 6) is 0.329. The van der Waals surface area contributed by atoms with Crippen LogP contribution in [0.2, 0.25) is 0 Å². The lowest BCUT2D eigenvalue weighted by Crippen LogP contribution is -2.45. The Kier molecular flexibility index (Phi) is 6.60. The molecule has 0 saturated heterocycles. The van der Waals surface area contributed by atoms with Gasteiger partial charge in [0.05, 0.1) is 0 Å². The maximum Gasteiger partial charge on any atom is 0.276 e. The number of rotatable bonds is 6. The second kappa shape index (κ2) is 8.89. The minimum atomic E-state index is -0.455. The molecule has 0 radical (unpaired) electrons. The molecule has 0 saturated carbocycles. The normalized spacial score (nSPS) is 10.2. The Bertz CT molecular complexity index is 802. The van der Waals surface area contributed by atoms with Gasteiger partial charge in [0.25, 0.3) is 11.8 Å². The van der Waals surface area contributed by atoms with E-state index >= 15 is 0 Å². The van der Waals surface area contributed by atoms with Gasteiger partial charge >= 0.3 is 0 Å². The first-order valence-electron chi connectivity index (χ1n) is 8.33. The number of nitrogens with one attached hydrogen (secondary N) is 2. The van der Waals surface area contributed by atoms with Crippen molar-refractivity contribution in [3.05, 3.63) is 58.7 Å². The van der Waals surface area contributed by atoms with Gasteiger partial charge in [-0.1, -0.05) is 23.8 Å². The number of hydrazine groups is 1. The summed E-state index contributed by atoms with van der Waals surface area (Å²) in [7, 11) is 0. The first-order chi connectivity index (χ1) is 12.3. The molecule has 2 aromatic carbocycles. The van der Waals surface area contributed by atoms with Crippen LogP contribution in [0.3, 0.4) is 0 Å². The molecule has 26 heavy (non-hydrogen) atoms. The molecule has 2 amide bonds. The van der Waals surface area contributed by atoms with E-state index in [0.29, 0.717) is 11.5 Å². The molecule has 6 heteroatoms. The van der Waals surface area contributed by atoms with Gasteiger partial charge in [0.1, 0.15) is 11.5 Å². The molecule has 2 rings (SSSR count). The SMILES string of the molecule is Cc1ccc(OCC(=O)NNC(=O)COc2ccc(C)c(C)c2)c(C)c1. The van der Waals surface area contributed by atoms with Crippen molar-refractivity contribution >= 4 is 11.8 Å². The lowest BCUT2D eigenvalue weighted by atomic mass is 10.1. The number of hydrogen-bond donors (Lipinski definition) is 2. The third kappa shape index (κ3) is 5.81. The van der Waals surface area contributed by atoms with E-state index in [1.54, 1.807) is 6.07 Å². The van der Waals surface area contributed by atoms with Gasteiger partial charge in [0.2, 0.25) is 0 Å². The minimum Gasteiger partial charge on any atom is -0.484 e. The second-order valence-corrected chi connectivity index (χ2v) is 6.19. The largest absolute Gasteiger partial charge is 0.484 e. The zero-order chi connectivity index (χ0) is 19.1. The van der Waals surface area contributed by atoms with E-state index in [1.807, 2.05) is 58.0 Å². The highest BCUT2D eigenvalue weighted by atomic mass is 16.5. The van der Waals surface area contributed by atoms with Crippen LogP contribution in [-0.2, 0) is 9.59 Å². The van der Waals surface area contributed by atoms with Crippen molar-refractivity contribution in [3.63, 3.8) is 0 Å². The highest BCUT2D eigenvalue weighted by Crippen LogP contribution is 2.18.